The fourth-order valence-corrected chi connectivity index (χ4v) is 3.91. The summed E-state index contributed by atoms with van der Waals surface area (Å²) in [6, 6.07) is 13.2. The van der Waals surface area contributed by atoms with E-state index in [4.69, 9.17) is 14.7 Å². The molecule has 142 valence electrons. The van der Waals surface area contributed by atoms with Gasteiger partial charge in [-0.25, -0.2) is 4.99 Å². The van der Waals surface area contributed by atoms with Crippen LogP contribution in [0.5, 0.6) is 11.5 Å². The Morgan fingerprint density at radius 3 is 2.86 bits per heavy atom. The number of aryl methyl sites for hydroxylation is 1. The Kier molecular flexibility index (Phi) is 6.39. The van der Waals surface area contributed by atoms with Crippen LogP contribution < -0.4 is 14.8 Å². The summed E-state index contributed by atoms with van der Waals surface area (Å²) in [6.45, 7) is 1.88. The van der Waals surface area contributed by atoms with E-state index in [1.165, 1.54) is 18.9 Å². The second-order valence-corrected chi connectivity index (χ2v) is 7.63. The number of nitrogens with one attached hydrogen (secondary N) is 1. The van der Waals surface area contributed by atoms with Crippen LogP contribution in [0.1, 0.15) is 11.1 Å². The molecule has 1 heterocycles. The molecule has 1 saturated heterocycles. The summed E-state index contributed by atoms with van der Waals surface area (Å²) in [5.41, 5.74) is 2.60. The average Bonchev–Trinajstić information content (AvgIpc) is 3.01. The molecule has 2 aromatic carbocycles. The molecule has 0 unspecified atom stereocenters. The van der Waals surface area contributed by atoms with Gasteiger partial charge in [0.1, 0.15) is 6.07 Å². The lowest BCUT2D eigenvalue weighted by atomic mass is 10.2. The van der Waals surface area contributed by atoms with E-state index >= 15 is 0 Å². The fourth-order valence-electron chi connectivity index (χ4n) is 2.50. The monoisotopic (exact) mass is 457 g/mol. The van der Waals surface area contributed by atoms with Gasteiger partial charge in [-0.15, -0.1) is 0 Å². The van der Waals surface area contributed by atoms with Gasteiger partial charge in [-0.2, -0.15) is 5.26 Å². The summed E-state index contributed by atoms with van der Waals surface area (Å²) in [7, 11) is 1.52. The molecule has 3 rings (SSSR count). The Morgan fingerprint density at radius 1 is 1.36 bits per heavy atom. The maximum Gasteiger partial charge on any atom is 0.264 e. The van der Waals surface area contributed by atoms with Crippen LogP contribution >= 0.6 is 27.7 Å². The number of benzene rings is 2. The van der Waals surface area contributed by atoms with Gasteiger partial charge in [0.25, 0.3) is 5.91 Å². The molecule has 0 aromatic heterocycles. The van der Waals surface area contributed by atoms with Crippen molar-refractivity contribution < 1.29 is 14.3 Å². The van der Waals surface area contributed by atoms with E-state index in [0.29, 0.717) is 26.0 Å². The van der Waals surface area contributed by atoms with Crippen LogP contribution in [-0.4, -0.2) is 24.8 Å². The Bertz CT molecular complexity index is 1030. The van der Waals surface area contributed by atoms with Gasteiger partial charge in [0.15, 0.2) is 23.3 Å². The Morgan fingerprint density at radius 2 is 2.14 bits per heavy atom. The quantitative estimate of drug-likeness (QED) is 0.665. The molecule has 0 radical (unpaired) electrons. The Balaban J connectivity index is 1.88. The van der Waals surface area contributed by atoms with Crippen molar-refractivity contribution in [2.45, 2.75) is 6.92 Å². The van der Waals surface area contributed by atoms with Crippen LogP contribution in [0.4, 0.5) is 5.69 Å². The van der Waals surface area contributed by atoms with E-state index in [9.17, 15) is 4.79 Å². The van der Waals surface area contributed by atoms with Crippen molar-refractivity contribution in [3.63, 3.8) is 0 Å². The van der Waals surface area contributed by atoms with Crippen molar-refractivity contribution >= 4 is 50.5 Å². The van der Waals surface area contributed by atoms with E-state index in [0.717, 1.165) is 16.8 Å². The number of nitriles is 1. The highest BCUT2D eigenvalue weighted by atomic mass is 79.9. The summed E-state index contributed by atoms with van der Waals surface area (Å²) in [5, 5.41) is 12.0. The number of aliphatic imine (C=N–C) groups is 1. The predicted molar refractivity (Wildman–Crippen MR) is 114 cm³/mol. The van der Waals surface area contributed by atoms with Crippen LogP contribution in [0.25, 0.3) is 6.08 Å². The lowest BCUT2D eigenvalue weighted by Gasteiger charge is -2.11. The van der Waals surface area contributed by atoms with Crippen molar-refractivity contribution in [2.24, 2.45) is 4.99 Å². The number of thioether (sulfide) groups is 1. The molecule has 2 aromatic rings. The molecule has 8 heteroatoms. The first-order valence-electron chi connectivity index (χ1n) is 8.24. The minimum Gasteiger partial charge on any atom is -0.493 e. The van der Waals surface area contributed by atoms with Crippen LogP contribution in [0, 0.1) is 18.3 Å². The second-order valence-electron chi connectivity index (χ2n) is 5.75. The number of methoxy groups -OCH3 is 1. The molecule has 1 fully saturated rings. The first kappa shape index (κ1) is 20.0. The third-order valence-corrected chi connectivity index (χ3v) is 5.32. The summed E-state index contributed by atoms with van der Waals surface area (Å²) in [6.07, 6.45) is 1.75. The first-order valence-corrected chi connectivity index (χ1v) is 9.85. The van der Waals surface area contributed by atoms with Crippen molar-refractivity contribution in [3.8, 4) is 17.6 Å². The van der Waals surface area contributed by atoms with Gasteiger partial charge >= 0.3 is 0 Å². The number of carbonyl (C=O) groups is 1. The first-order chi connectivity index (χ1) is 13.5. The van der Waals surface area contributed by atoms with Crippen molar-refractivity contribution in [2.75, 3.05) is 13.7 Å². The van der Waals surface area contributed by atoms with Gasteiger partial charge in [-0.3, -0.25) is 4.79 Å². The average molecular weight is 458 g/mol. The van der Waals surface area contributed by atoms with Crippen LogP contribution in [-0.2, 0) is 4.79 Å². The topological polar surface area (TPSA) is 83.7 Å². The molecule has 0 aliphatic carbocycles. The number of halogens is 1. The van der Waals surface area contributed by atoms with Crippen molar-refractivity contribution in [1.82, 2.24) is 5.32 Å². The molecule has 0 bridgehead atoms. The van der Waals surface area contributed by atoms with Gasteiger partial charge in [0.2, 0.25) is 0 Å². The molecule has 1 amide bonds. The zero-order valence-electron chi connectivity index (χ0n) is 15.2. The maximum absolute atomic E-state index is 12.3. The lowest BCUT2D eigenvalue weighted by Crippen LogP contribution is -2.19. The highest BCUT2D eigenvalue weighted by Crippen LogP contribution is 2.38. The molecule has 1 aliphatic heterocycles. The third-order valence-electron chi connectivity index (χ3n) is 3.82. The van der Waals surface area contributed by atoms with E-state index in [1.54, 1.807) is 18.2 Å². The number of hydrogen-bond donors (Lipinski definition) is 1. The highest BCUT2D eigenvalue weighted by Gasteiger charge is 2.24. The number of ether oxygens (including phenoxy) is 2. The lowest BCUT2D eigenvalue weighted by molar-refractivity contribution is -0.115. The predicted octanol–water partition coefficient (Wildman–Crippen LogP) is 4.56. The van der Waals surface area contributed by atoms with E-state index in [1.807, 2.05) is 37.3 Å². The number of amidine groups is 1. The van der Waals surface area contributed by atoms with Crippen LogP contribution in [0.2, 0.25) is 0 Å². The Labute approximate surface area is 175 Å². The maximum atomic E-state index is 12.3. The Hall–Kier alpha value is -2.76. The fraction of sp³-hybridized carbons (Fsp3) is 0.150. The van der Waals surface area contributed by atoms with Gasteiger partial charge in [0, 0.05) is 0 Å². The summed E-state index contributed by atoms with van der Waals surface area (Å²) in [4.78, 5) is 17.4. The van der Waals surface area contributed by atoms with Crippen LogP contribution in [0.3, 0.4) is 0 Å². The number of carbonyl (C=O) groups excluding carboxylic acids is 1. The summed E-state index contributed by atoms with van der Waals surface area (Å²) < 4.78 is 11.4. The SMILES string of the molecule is COc1cc(/C=C2/SC(=Nc3ccccc3C)NC2=O)cc(Br)c1OCC#N. The van der Waals surface area contributed by atoms with Crippen molar-refractivity contribution in [1.29, 1.82) is 5.26 Å². The normalized spacial score (nSPS) is 16.1. The number of hydrogen-bond acceptors (Lipinski definition) is 6. The van der Waals surface area contributed by atoms with Crippen molar-refractivity contribution in [3.05, 3.63) is 56.9 Å². The van der Waals surface area contributed by atoms with Gasteiger partial charge in [-0.1, -0.05) is 18.2 Å². The minimum atomic E-state index is -0.211. The van der Waals surface area contributed by atoms with E-state index in [2.05, 4.69) is 26.2 Å². The number of amides is 1. The molecule has 1 aliphatic rings. The molecule has 1 N–H and O–H groups in total. The van der Waals surface area contributed by atoms with E-state index < -0.39 is 0 Å². The molecule has 0 spiro atoms. The molecule has 6 nitrogen and oxygen atoms in total. The standard InChI is InChI=1S/C20H16BrN3O3S/c1-12-5-3-4-6-15(12)23-20-24-19(25)17(28-20)11-13-9-14(21)18(27-8-7-22)16(10-13)26-2/h3-6,9-11H,8H2,1-2H3,(H,23,24,25)/b17-11+. The second kappa shape index (κ2) is 8.95. The highest BCUT2D eigenvalue weighted by molar-refractivity contribution is 9.10. The molecule has 0 atom stereocenters. The minimum absolute atomic E-state index is 0.0909. The molecular weight excluding hydrogens is 442 g/mol. The number of rotatable bonds is 5. The molecule has 28 heavy (non-hydrogen) atoms. The number of nitrogens with zero attached hydrogens (tertiary/aromatic N) is 2. The largest absolute Gasteiger partial charge is 0.493 e. The zero-order valence-corrected chi connectivity index (χ0v) is 17.6. The molecule has 0 saturated carbocycles. The molecular formula is C20H16BrN3O3S. The van der Waals surface area contributed by atoms with Gasteiger partial charge < -0.3 is 14.8 Å². The summed E-state index contributed by atoms with van der Waals surface area (Å²) in [5.74, 6) is 0.697. The smallest absolute Gasteiger partial charge is 0.264 e. The zero-order chi connectivity index (χ0) is 20.1. The van der Waals surface area contributed by atoms with Crippen LogP contribution in [0.15, 0.2) is 50.8 Å². The van der Waals surface area contributed by atoms with Gasteiger partial charge in [-0.05, 0) is 70.0 Å². The van der Waals surface area contributed by atoms with E-state index in [-0.39, 0.29) is 12.5 Å². The third kappa shape index (κ3) is 4.55. The van der Waals surface area contributed by atoms with Gasteiger partial charge in [0.05, 0.1) is 22.2 Å². The number of para-hydroxylation sites is 1. The summed E-state index contributed by atoms with van der Waals surface area (Å²) >= 11 is 4.70.